The number of benzene rings is 1. The first-order valence-corrected chi connectivity index (χ1v) is 13.6. The summed E-state index contributed by atoms with van der Waals surface area (Å²) in [5.74, 6) is 0.640. The Morgan fingerprint density at radius 3 is 2.74 bits per heavy atom. The fourth-order valence-electron chi connectivity index (χ4n) is 3.92. The lowest BCUT2D eigenvalue weighted by atomic mass is 10.2. The number of nitrogens with one attached hydrogen (secondary N) is 1. The number of aromatic nitrogens is 3. The first-order valence-electron chi connectivity index (χ1n) is 9.98. The Kier molecular flexibility index (Phi) is 6.49. The van der Waals surface area contributed by atoms with Gasteiger partial charge in [-0.05, 0) is 31.9 Å². The number of anilines is 1. The number of sulfone groups is 1. The van der Waals surface area contributed by atoms with Gasteiger partial charge < -0.3 is 9.88 Å². The molecule has 1 aliphatic rings. The van der Waals surface area contributed by atoms with Gasteiger partial charge in [0.2, 0.25) is 5.13 Å². The number of nitrogens with zero attached hydrogens (tertiary/aromatic N) is 3. The average molecular weight is 477 g/mol. The molecule has 10 heteroatoms. The van der Waals surface area contributed by atoms with Crippen LogP contribution in [0.4, 0.5) is 5.13 Å². The van der Waals surface area contributed by atoms with Crippen LogP contribution < -0.4 is 5.32 Å². The zero-order valence-corrected chi connectivity index (χ0v) is 19.8. The Labute approximate surface area is 190 Å². The third kappa shape index (κ3) is 5.19. The molecule has 3 heterocycles. The number of ketones is 1. The van der Waals surface area contributed by atoms with Gasteiger partial charge in [-0.1, -0.05) is 53.4 Å². The minimum absolute atomic E-state index is 0.0131. The number of rotatable bonds is 8. The number of hydrogen-bond donors (Lipinski definition) is 1. The zero-order valence-electron chi connectivity index (χ0n) is 17.4. The second kappa shape index (κ2) is 9.13. The number of aryl methyl sites for hydroxylation is 1. The number of carbonyl (C=O) groups is 1. The van der Waals surface area contributed by atoms with E-state index in [9.17, 15) is 13.2 Å². The highest BCUT2D eigenvalue weighted by Crippen LogP contribution is 2.31. The van der Waals surface area contributed by atoms with E-state index in [0.717, 1.165) is 26.4 Å². The summed E-state index contributed by atoms with van der Waals surface area (Å²) in [5.41, 5.74) is 3.58. The molecule has 3 aromatic rings. The van der Waals surface area contributed by atoms with Crippen LogP contribution in [0.3, 0.4) is 0 Å². The van der Waals surface area contributed by atoms with E-state index in [0.29, 0.717) is 18.5 Å². The molecule has 0 amide bonds. The minimum Gasteiger partial charge on any atom is -0.356 e. The Morgan fingerprint density at radius 1 is 1.26 bits per heavy atom. The standard InChI is InChI=1S/C21H24N4O3S3/c1-14-10-18(15(2)25(14)17-8-9-31(27,28)13-17)19(26)12-29-21-24-23-20(30-21)22-11-16-6-4-3-5-7-16/h3-7,10,17H,8-9,11-13H2,1-2H3,(H,22,23)/t17-/m1/s1. The lowest BCUT2D eigenvalue weighted by Crippen LogP contribution is -2.14. The van der Waals surface area contributed by atoms with Crippen molar-refractivity contribution in [1.29, 1.82) is 0 Å². The van der Waals surface area contributed by atoms with Crippen molar-refractivity contribution < 1.29 is 13.2 Å². The van der Waals surface area contributed by atoms with Gasteiger partial charge in [0.15, 0.2) is 20.0 Å². The first kappa shape index (κ1) is 22.0. The molecule has 0 bridgehead atoms. The summed E-state index contributed by atoms with van der Waals surface area (Å²) in [4.78, 5) is 12.9. The molecule has 7 nitrogen and oxygen atoms in total. The van der Waals surface area contributed by atoms with E-state index in [4.69, 9.17) is 0 Å². The quantitative estimate of drug-likeness (QED) is 0.389. The molecule has 0 saturated carbocycles. The molecule has 1 atom stereocenters. The fraction of sp³-hybridized carbons (Fsp3) is 0.381. The molecule has 1 aliphatic heterocycles. The largest absolute Gasteiger partial charge is 0.356 e. The highest BCUT2D eigenvalue weighted by atomic mass is 32.2. The molecule has 2 aromatic heterocycles. The molecule has 1 aromatic carbocycles. The molecule has 1 saturated heterocycles. The lowest BCUT2D eigenvalue weighted by Gasteiger charge is -2.16. The Balaban J connectivity index is 1.36. The van der Waals surface area contributed by atoms with Crippen molar-refractivity contribution in [3.8, 4) is 0 Å². The highest BCUT2D eigenvalue weighted by molar-refractivity contribution is 8.01. The highest BCUT2D eigenvalue weighted by Gasteiger charge is 2.31. The summed E-state index contributed by atoms with van der Waals surface area (Å²) >= 11 is 2.80. The minimum atomic E-state index is -2.98. The maximum absolute atomic E-state index is 12.9. The van der Waals surface area contributed by atoms with Crippen molar-refractivity contribution in [3.05, 3.63) is 58.9 Å². The predicted molar refractivity (Wildman–Crippen MR) is 125 cm³/mol. The van der Waals surface area contributed by atoms with E-state index in [2.05, 4.69) is 15.5 Å². The van der Waals surface area contributed by atoms with E-state index in [-0.39, 0.29) is 29.1 Å². The van der Waals surface area contributed by atoms with Gasteiger partial charge in [-0.15, -0.1) is 10.2 Å². The van der Waals surface area contributed by atoms with Crippen LogP contribution in [-0.4, -0.2) is 46.2 Å². The van der Waals surface area contributed by atoms with Crippen molar-refractivity contribution in [1.82, 2.24) is 14.8 Å². The fourth-order valence-corrected chi connectivity index (χ4v) is 7.25. The molecule has 0 radical (unpaired) electrons. The third-order valence-electron chi connectivity index (χ3n) is 5.38. The summed E-state index contributed by atoms with van der Waals surface area (Å²) in [5, 5.41) is 12.3. The van der Waals surface area contributed by atoms with Crippen molar-refractivity contribution >= 4 is 43.9 Å². The van der Waals surface area contributed by atoms with Crippen LogP contribution in [0.15, 0.2) is 40.7 Å². The number of thioether (sulfide) groups is 1. The van der Waals surface area contributed by atoms with Crippen LogP contribution in [-0.2, 0) is 16.4 Å². The topological polar surface area (TPSA) is 93.9 Å². The van der Waals surface area contributed by atoms with Gasteiger partial charge in [-0.3, -0.25) is 4.79 Å². The number of Topliss-reactive ketones (excluding diaryl/α,β-unsaturated/α-hetero) is 1. The lowest BCUT2D eigenvalue weighted by molar-refractivity contribution is 0.102. The molecular weight excluding hydrogens is 452 g/mol. The summed E-state index contributed by atoms with van der Waals surface area (Å²) in [6, 6.07) is 11.8. The number of carbonyl (C=O) groups excluding carboxylic acids is 1. The molecule has 1 fully saturated rings. The van der Waals surface area contributed by atoms with Gasteiger partial charge in [0.05, 0.1) is 17.3 Å². The van der Waals surface area contributed by atoms with E-state index in [1.165, 1.54) is 23.1 Å². The Morgan fingerprint density at radius 2 is 2.03 bits per heavy atom. The van der Waals surface area contributed by atoms with Gasteiger partial charge in [0.25, 0.3) is 0 Å². The molecule has 164 valence electrons. The van der Waals surface area contributed by atoms with Gasteiger partial charge in [-0.2, -0.15) is 0 Å². The molecule has 0 spiro atoms. The molecule has 0 aliphatic carbocycles. The normalized spacial score (nSPS) is 17.7. The first-order chi connectivity index (χ1) is 14.8. The summed E-state index contributed by atoms with van der Waals surface area (Å²) in [7, 11) is -2.98. The van der Waals surface area contributed by atoms with Crippen LogP contribution >= 0.6 is 23.1 Å². The summed E-state index contributed by atoms with van der Waals surface area (Å²) in [6.45, 7) is 4.49. The van der Waals surface area contributed by atoms with Gasteiger partial charge in [0.1, 0.15) is 0 Å². The average Bonchev–Trinajstić information content (AvgIpc) is 3.42. The number of hydrogen-bond acceptors (Lipinski definition) is 8. The van der Waals surface area contributed by atoms with E-state index < -0.39 is 9.84 Å². The monoisotopic (exact) mass is 476 g/mol. The van der Waals surface area contributed by atoms with Crippen molar-refractivity contribution in [2.24, 2.45) is 0 Å². The summed E-state index contributed by atoms with van der Waals surface area (Å²) < 4.78 is 26.5. The van der Waals surface area contributed by atoms with Crippen molar-refractivity contribution in [2.75, 3.05) is 22.6 Å². The molecule has 0 unspecified atom stereocenters. The second-order valence-corrected chi connectivity index (χ2v) is 12.1. The van der Waals surface area contributed by atoms with Crippen LogP contribution in [0.25, 0.3) is 0 Å². The molecule has 4 rings (SSSR count). The van der Waals surface area contributed by atoms with E-state index in [1.54, 1.807) is 0 Å². The predicted octanol–water partition coefficient (Wildman–Crippen LogP) is 3.90. The van der Waals surface area contributed by atoms with Crippen LogP contribution in [0, 0.1) is 13.8 Å². The Bertz CT molecular complexity index is 1190. The van der Waals surface area contributed by atoms with E-state index >= 15 is 0 Å². The van der Waals surface area contributed by atoms with Crippen LogP contribution in [0.5, 0.6) is 0 Å². The molecule has 31 heavy (non-hydrogen) atoms. The van der Waals surface area contributed by atoms with Crippen LogP contribution in [0.1, 0.15) is 39.8 Å². The van der Waals surface area contributed by atoms with E-state index in [1.807, 2.05) is 54.8 Å². The molecule has 1 N–H and O–H groups in total. The Hall–Kier alpha value is -2.17. The van der Waals surface area contributed by atoms with Crippen LogP contribution in [0.2, 0.25) is 0 Å². The summed E-state index contributed by atoms with van der Waals surface area (Å²) in [6.07, 6.45) is 0.602. The third-order valence-corrected chi connectivity index (χ3v) is 9.14. The van der Waals surface area contributed by atoms with Crippen molar-refractivity contribution in [2.45, 2.75) is 37.2 Å². The van der Waals surface area contributed by atoms with Gasteiger partial charge in [-0.25, -0.2) is 8.42 Å². The van der Waals surface area contributed by atoms with Gasteiger partial charge >= 0.3 is 0 Å². The maximum atomic E-state index is 12.9. The van der Waals surface area contributed by atoms with Gasteiger partial charge in [0, 0.05) is 29.5 Å². The SMILES string of the molecule is Cc1cc(C(=O)CSc2nnc(NCc3ccccc3)s2)c(C)n1[C@@H]1CCS(=O)(=O)C1. The zero-order chi connectivity index (χ0) is 22.0. The van der Waals surface area contributed by atoms with Crippen molar-refractivity contribution in [3.63, 3.8) is 0 Å². The smallest absolute Gasteiger partial charge is 0.206 e. The molecular formula is C21H24N4O3S3. The maximum Gasteiger partial charge on any atom is 0.206 e. The second-order valence-electron chi connectivity index (χ2n) is 7.64.